The summed E-state index contributed by atoms with van der Waals surface area (Å²) < 4.78 is 39.8. The summed E-state index contributed by atoms with van der Waals surface area (Å²) in [6.07, 6.45) is -0.772. The first-order valence-electron chi connectivity index (χ1n) is 13.9. The molecule has 0 radical (unpaired) electrons. The second kappa shape index (κ2) is 13.2. The van der Waals surface area contributed by atoms with Crippen molar-refractivity contribution >= 4 is 30.7 Å². The number of benzene rings is 2. The van der Waals surface area contributed by atoms with Gasteiger partial charge in [0, 0.05) is 6.42 Å². The Kier molecular flexibility index (Phi) is 9.38. The van der Waals surface area contributed by atoms with E-state index in [0.717, 1.165) is 5.56 Å². The number of hydrogen-bond donors (Lipinski definition) is 3. The highest BCUT2D eigenvalue weighted by atomic mass is 31.2. The Labute approximate surface area is 248 Å². The van der Waals surface area contributed by atoms with Crippen LogP contribution in [-0.4, -0.2) is 55.5 Å². The smallest absolute Gasteiger partial charge is 0.459 e. The van der Waals surface area contributed by atoms with Crippen molar-refractivity contribution in [3.63, 3.8) is 0 Å². The van der Waals surface area contributed by atoms with Crippen LogP contribution in [0.2, 0.25) is 0 Å². The normalized spacial score (nSPS) is 20.6. The Morgan fingerprint density at radius 2 is 1.86 bits per heavy atom. The number of aromatic nitrogens is 4. The average molecular weight is 611 g/mol. The van der Waals surface area contributed by atoms with Crippen molar-refractivity contribution in [3.05, 3.63) is 78.4 Å². The van der Waals surface area contributed by atoms with Gasteiger partial charge in [-0.2, -0.15) is 5.09 Å². The molecule has 1 fully saturated rings. The Balaban J connectivity index is 1.39. The molecule has 5 atom stereocenters. The van der Waals surface area contributed by atoms with Crippen molar-refractivity contribution in [1.29, 1.82) is 0 Å². The highest BCUT2D eigenvalue weighted by Gasteiger charge is 2.45. The highest BCUT2D eigenvalue weighted by Crippen LogP contribution is 2.50. The number of carbonyl (C=O) groups is 1. The second-order valence-electron chi connectivity index (χ2n) is 10.5. The van der Waals surface area contributed by atoms with Crippen LogP contribution in [0.25, 0.3) is 11.2 Å². The van der Waals surface area contributed by atoms with E-state index in [1.165, 1.54) is 6.33 Å². The molecule has 0 aliphatic carbocycles. The van der Waals surface area contributed by atoms with Crippen molar-refractivity contribution < 1.29 is 33.0 Å². The topological polar surface area (TPSA) is 173 Å². The fraction of sp³-hybridized carbons (Fsp3) is 0.379. The molecule has 2 aromatic heterocycles. The van der Waals surface area contributed by atoms with E-state index < -0.39 is 44.8 Å². The zero-order valence-corrected chi connectivity index (χ0v) is 25.0. The molecule has 4 aromatic rings. The summed E-state index contributed by atoms with van der Waals surface area (Å²) >= 11 is 0. The van der Waals surface area contributed by atoms with Gasteiger partial charge in [0.1, 0.15) is 48.2 Å². The maximum absolute atomic E-state index is 14.4. The van der Waals surface area contributed by atoms with Gasteiger partial charge in [-0.1, -0.05) is 62.4 Å². The zero-order chi connectivity index (χ0) is 30.6. The summed E-state index contributed by atoms with van der Waals surface area (Å²) in [5, 5.41) is 13.0. The molecule has 3 heterocycles. The monoisotopic (exact) mass is 610 g/mol. The molecule has 0 bridgehead atoms. The van der Waals surface area contributed by atoms with E-state index in [1.54, 1.807) is 55.7 Å². The average Bonchev–Trinajstić information content (AvgIpc) is 3.59. The predicted molar refractivity (Wildman–Crippen MR) is 158 cm³/mol. The van der Waals surface area contributed by atoms with E-state index in [1.807, 2.05) is 30.3 Å². The van der Waals surface area contributed by atoms with Gasteiger partial charge in [-0.3, -0.25) is 13.9 Å². The van der Waals surface area contributed by atoms with E-state index in [0.29, 0.717) is 17.0 Å². The van der Waals surface area contributed by atoms with Crippen LogP contribution in [0.1, 0.15) is 37.9 Å². The lowest BCUT2D eigenvalue weighted by molar-refractivity contribution is -0.148. The summed E-state index contributed by atoms with van der Waals surface area (Å²) in [4.78, 5) is 26.1. The third kappa shape index (κ3) is 7.20. The van der Waals surface area contributed by atoms with Crippen LogP contribution in [0.3, 0.4) is 0 Å². The zero-order valence-electron chi connectivity index (χ0n) is 24.1. The van der Waals surface area contributed by atoms with Gasteiger partial charge in [0.2, 0.25) is 0 Å². The van der Waals surface area contributed by atoms with Crippen LogP contribution in [0.4, 0.5) is 5.82 Å². The van der Waals surface area contributed by atoms with Crippen LogP contribution in [-0.2, 0) is 30.0 Å². The summed E-state index contributed by atoms with van der Waals surface area (Å²) in [6, 6.07) is 16.7. The van der Waals surface area contributed by atoms with Gasteiger partial charge in [-0.05, 0) is 30.5 Å². The molecule has 1 aliphatic rings. The van der Waals surface area contributed by atoms with Gasteiger partial charge in [0.25, 0.3) is 0 Å². The third-order valence-corrected chi connectivity index (χ3v) is 8.51. The molecule has 1 saturated heterocycles. The maximum atomic E-state index is 14.4. The second-order valence-corrected chi connectivity index (χ2v) is 12.2. The molecule has 14 heteroatoms. The number of hydrogen-bond acceptors (Lipinski definition) is 11. The molecule has 1 aliphatic heterocycles. The largest absolute Gasteiger partial charge is 0.460 e. The molecule has 13 nitrogen and oxygen atoms in total. The van der Waals surface area contributed by atoms with Gasteiger partial charge >= 0.3 is 13.7 Å². The van der Waals surface area contributed by atoms with Crippen LogP contribution < -0.4 is 15.3 Å². The summed E-state index contributed by atoms with van der Waals surface area (Å²) in [7, 11) is -4.28. The molecule has 2 aromatic carbocycles. The van der Waals surface area contributed by atoms with Crippen LogP contribution in [0.5, 0.6) is 5.75 Å². The Bertz CT molecular complexity index is 1590. The number of carbonyl (C=O) groups excluding carboxylic acids is 1. The van der Waals surface area contributed by atoms with Gasteiger partial charge in [-0.15, -0.1) is 0 Å². The number of aliphatic hydroxyl groups is 1. The number of rotatable bonds is 12. The predicted octanol–water partition coefficient (Wildman–Crippen LogP) is 3.93. The number of fused-ring (bicyclic) bond motifs is 1. The highest BCUT2D eigenvalue weighted by molar-refractivity contribution is 7.52. The summed E-state index contributed by atoms with van der Waals surface area (Å²) in [6.45, 7) is 4.91. The molecular formula is C29H35N6O7P. The van der Waals surface area contributed by atoms with E-state index in [2.05, 4.69) is 20.0 Å². The van der Waals surface area contributed by atoms with E-state index in [4.69, 9.17) is 24.3 Å². The summed E-state index contributed by atoms with van der Waals surface area (Å²) in [5.41, 5.74) is 7.70. The van der Waals surface area contributed by atoms with E-state index >= 15 is 0 Å². The number of anilines is 1. The van der Waals surface area contributed by atoms with Crippen LogP contribution >= 0.6 is 7.75 Å². The lowest BCUT2D eigenvalue weighted by Crippen LogP contribution is -2.42. The lowest BCUT2D eigenvalue weighted by atomic mass is 10.1. The number of nitrogen functional groups attached to an aromatic ring is 1. The molecule has 0 spiro atoms. The van der Waals surface area contributed by atoms with E-state index in [9.17, 15) is 14.5 Å². The first-order chi connectivity index (χ1) is 20.7. The number of para-hydroxylation sites is 1. The molecule has 5 rings (SSSR count). The SMILES string of the molecule is Cc1nc(N)c2ncn([C@H]3C[C@@H](OP(=O)(N[C@H](C(=O)OCc4ccccc4)C(C)C)Oc4ccccc4)[C@@H](CO)O3)c2n1. The van der Waals surface area contributed by atoms with Gasteiger partial charge in [-0.25, -0.2) is 19.5 Å². The van der Waals surface area contributed by atoms with Gasteiger partial charge in [0.05, 0.1) is 12.9 Å². The van der Waals surface area contributed by atoms with Crippen LogP contribution in [0, 0.1) is 12.8 Å². The minimum Gasteiger partial charge on any atom is -0.460 e. The molecule has 228 valence electrons. The Morgan fingerprint density at radius 1 is 1.16 bits per heavy atom. The maximum Gasteiger partial charge on any atom is 0.459 e. The number of ether oxygens (including phenoxy) is 2. The standard InChI is InChI=1S/C29H35N6O7P/c1-18(2)25(29(37)39-16-20-10-6-4-7-11-20)34-43(38,41-21-12-8-5-9-13-21)42-22-14-24(40-23(22)15-36)35-17-31-26-27(30)32-19(3)33-28(26)35/h4-13,17-18,22-25,36H,14-16H2,1-3H3,(H,34,38)(H2,30,32,33)/t22-,23-,24-,25+,43?/m1/s1. The minimum absolute atomic E-state index is 0.0480. The number of imidazole rings is 1. The van der Waals surface area contributed by atoms with Gasteiger partial charge < -0.3 is 24.8 Å². The molecule has 43 heavy (non-hydrogen) atoms. The fourth-order valence-corrected chi connectivity index (χ4v) is 6.63. The van der Waals surface area contributed by atoms with Crippen molar-refractivity contribution in [1.82, 2.24) is 24.6 Å². The fourth-order valence-electron chi connectivity index (χ4n) is 4.75. The molecule has 1 unspecified atom stereocenters. The van der Waals surface area contributed by atoms with E-state index in [-0.39, 0.29) is 30.5 Å². The quantitative estimate of drug-likeness (QED) is 0.156. The first-order valence-corrected chi connectivity index (χ1v) is 15.4. The number of aryl methyl sites for hydroxylation is 1. The van der Waals surface area contributed by atoms with Crippen LogP contribution in [0.15, 0.2) is 67.0 Å². The molecular weight excluding hydrogens is 575 g/mol. The van der Waals surface area contributed by atoms with Gasteiger partial charge in [0.15, 0.2) is 11.5 Å². The minimum atomic E-state index is -4.28. The number of nitrogens with two attached hydrogens (primary N) is 1. The summed E-state index contributed by atoms with van der Waals surface area (Å²) in [5.74, 6) is -0.00458. The number of esters is 1. The van der Waals surface area contributed by atoms with Crippen molar-refractivity contribution in [2.24, 2.45) is 5.92 Å². The molecule has 4 N–H and O–H groups in total. The Morgan fingerprint density at radius 3 is 2.53 bits per heavy atom. The van der Waals surface area contributed by atoms with Crippen molar-refractivity contribution in [2.75, 3.05) is 12.3 Å². The first kappa shape index (κ1) is 30.6. The Hall–Kier alpha value is -3.87. The molecule has 0 saturated carbocycles. The third-order valence-electron chi connectivity index (χ3n) is 6.92. The van der Waals surface area contributed by atoms with Crippen molar-refractivity contribution in [3.8, 4) is 5.75 Å². The number of aliphatic hydroxyl groups excluding tert-OH is 1. The lowest BCUT2D eigenvalue weighted by Gasteiger charge is -2.29. The number of nitrogens with zero attached hydrogens (tertiary/aromatic N) is 4. The molecule has 0 amide bonds. The number of nitrogens with one attached hydrogen (secondary N) is 1. The van der Waals surface area contributed by atoms with Crippen molar-refractivity contribution in [2.45, 2.75) is 58.3 Å².